The molecule has 6 heteroatoms. The molecule has 0 fully saturated rings. The molecule has 1 aromatic heterocycles. The number of aryl methyl sites for hydroxylation is 1. The molecule has 6 nitrogen and oxygen atoms in total. The lowest BCUT2D eigenvalue weighted by Crippen LogP contribution is -2.22. The van der Waals surface area contributed by atoms with E-state index in [1.165, 1.54) is 0 Å². The lowest BCUT2D eigenvalue weighted by atomic mass is 10.2. The summed E-state index contributed by atoms with van der Waals surface area (Å²) >= 11 is 0. The first-order valence-corrected chi connectivity index (χ1v) is 8.54. The molecule has 0 unspecified atom stereocenters. The number of rotatable bonds is 5. The minimum Gasteiger partial charge on any atom is -0.456 e. The predicted octanol–water partition coefficient (Wildman–Crippen LogP) is 4.04. The number of hydrogen-bond acceptors (Lipinski definition) is 5. The summed E-state index contributed by atoms with van der Waals surface area (Å²) in [5.74, 6) is -0.617. The molecule has 0 saturated heterocycles. The van der Waals surface area contributed by atoms with Gasteiger partial charge < -0.3 is 9.47 Å². The fraction of sp³-hybridized carbons (Fsp3) is 0.190. The second kappa shape index (κ2) is 8.31. The van der Waals surface area contributed by atoms with E-state index >= 15 is 0 Å². The van der Waals surface area contributed by atoms with Gasteiger partial charge in [-0.3, -0.25) is 0 Å². The number of hydrogen-bond donors (Lipinski definition) is 0. The van der Waals surface area contributed by atoms with E-state index in [0.717, 1.165) is 15.8 Å². The molecule has 138 valence electrons. The SMILES string of the molecule is Cc1nn(C(=O)OCc2ccccc2)c(C(=O)OCc2ccccc2)c1C. The van der Waals surface area contributed by atoms with Crippen molar-refractivity contribution in [2.24, 2.45) is 0 Å². The van der Waals surface area contributed by atoms with Crippen molar-refractivity contribution in [1.29, 1.82) is 0 Å². The molecule has 0 bridgehead atoms. The third kappa shape index (κ3) is 4.41. The monoisotopic (exact) mass is 364 g/mol. The summed E-state index contributed by atoms with van der Waals surface area (Å²) in [4.78, 5) is 25.0. The molecule has 27 heavy (non-hydrogen) atoms. The molecule has 3 aromatic rings. The number of esters is 1. The Morgan fingerprint density at radius 2 is 1.37 bits per heavy atom. The van der Waals surface area contributed by atoms with Gasteiger partial charge in [0.15, 0.2) is 5.69 Å². The Kier molecular flexibility index (Phi) is 5.66. The van der Waals surface area contributed by atoms with Gasteiger partial charge in [-0.15, -0.1) is 0 Å². The van der Waals surface area contributed by atoms with Crippen LogP contribution >= 0.6 is 0 Å². The first-order valence-electron chi connectivity index (χ1n) is 8.54. The van der Waals surface area contributed by atoms with Crippen LogP contribution in [-0.4, -0.2) is 21.8 Å². The molecule has 0 aliphatic heterocycles. The molecular formula is C21H20N2O4. The fourth-order valence-electron chi connectivity index (χ4n) is 2.55. The molecule has 3 rings (SSSR count). The quantitative estimate of drug-likeness (QED) is 0.639. The van der Waals surface area contributed by atoms with Crippen LogP contribution in [-0.2, 0) is 22.7 Å². The molecule has 0 aliphatic carbocycles. The molecule has 0 saturated carbocycles. The lowest BCUT2D eigenvalue weighted by molar-refractivity contribution is 0.0454. The molecule has 0 spiro atoms. The van der Waals surface area contributed by atoms with Crippen molar-refractivity contribution < 1.29 is 19.1 Å². The molecular weight excluding hydrogens is 344 g/mol. The number of carbonyl (C=O) groups excluding carboxylic acids is 2. The summed E-state index contributed by atoms with van der Waals surface area (Å²) < 4.78 is 11.6. The van der Waals surface area contributed by atoms with Crippen molar-refractivity contribution in [3.63, 3.8) is 0 Å². The first kappa shape index (κ1) is 18.4. The van der Waals surface area contributed by atoms with Crippen molar-refractivity contribution in [3.05, 3.63) is 88.7 Å². The summed E-state index contributed by atoms with van der Waals surface area (Å²) in [6.45, 7) is 3.66. The molecule has 2 aromatic carbocycles. The third-order valence-corrected chi connectivity index (χ3v) is 4.14. The van der Waals surface area contributed by atoms with Gasteiger partial charge in [0.2, 0.25) is 0 Å². The third-order valence-electron chi connectivity index (χ3n) is 4.14. The van der Waals surface area contributed by atoms with Crippen LogP contribution in [0.3, 0.4) is 0 Å². The number of carbonyl (C=O) groups is 2. The Labute approximate surface area is 157 Å². The first-order chi connectivity index (χ1) is 13.1. The van der Waals surface area contributed by atoms with Gasteiger partial charge in [-0.25, -0.2) is 9.59 Å². The topological polar surface area (TPSA) is 70.4 Å². The van der Waals surface area contributed by atoms with Crippen molar-refractivity contribution >= 4 is 12.1 Å². The normalized spacial score (nSPS) is 10.4. The zero-order valence-electron chi connectivity index (χ0n) is 15.2. The van der Waals surface area contributed by atoms with Crippen LogP contribution in [0.2, 0.25) is 0 Å². The summed E-state index contributed by atoms with van der Waals surface area (Å²) in [6.07, 6.45) is -0.721. The van der Waals surface area contributed by atoms with Crippen LogP contribution in [0.4, 0.5) is 4.79 Å². The number of aromatic nitrogens is 2. The molecule has 1 heterocycles. The largest absolute Gasteiger partial charge is 0.456 e. The Hall–Kier alpha value is -3.41. The second-order valence-corrected chi connectivity index (χ2v) is 6.07. The predicted molar refractivity (Wildman–Crippen MR) is 99.3 cm³/mol. The number of ether oxygens (including phenoxy) is 2. The van der Waals surface area contributed by atoms with E-state index in [2.05, 4.69) is 5.10 Å². The minimum atomic E-state index is -0.721. The van der Waals surface area contributed by atoms with Crippen molar-refractivity contribution in [2.75, 3.05) is 0 Å². The average Bonchev–Trinajstić information content (AvgIpc) is 3.00. The van der Waals surface area contributed by atoms with Crippen LogP contribution in [0.15, 0.2) is 60.7 Å². The van der Waals surface area contributed by atoms with E-state index in [-0.39, 0.29) is 18.9 Å². The highest BCUT2D eigenvalue weighted by Gasteiger charge is 2.25. The highest BCUT2D eigenvalue weighted by atomic mass is 16.6. The van der Waals surface area contributed by atoms with E-state index in [1.54, 1.807) is 13.8 Å². The second-order valence-electron chi connectivity index (χ2n) is 6.07. The van der Waals surface area contributed by atoms with Crippen LogP contribution in [0.25, 0.3) is 0 Å². The van der Waals surface area contributed by atoms with Crippen LogP contribution < -0.4 is 0 Å². The number of benzene rings is 2. The Balaban J connectivity index is 1.73. The summed E-state index contributed by atoms with van der Waals surface area (Å²) in [5, 5.41) is 4.14. The smallest absolute Gasteiger partial charge is 0.435 e. The minimum absolute atomic E-state index is 0.0847. The molecule has 0 N–H and O–H groups in total. The maximum absolute atomic E-state index is 12.6. The van der Waals surface area contributed by atoms with Crippen LogP contribution in [0.1, 0.15) is 32.9 Å². The van der Waals surface area contributed by atoms with Gasteiger partial charge in [0.25, 0.3) is 0 Å². The van der Waals surface area contributed by atoms with E-state index in [4.69, 9.17) is 9.47 Å². The Bertz CT molecular complexity index is 934. The molecule has 0 amide bonds. The Morgan fingerprint density at radius 1 is 0.852 bits per heavy atom. The molecule has 0 atom stereocenters. The zero-order valence-corrected chi connectivity index (χ0v) is 15.2. The molecule has 0 radical (unpaired) electrons. The highest BCUT2D eigenvalue weighted by molar-refractivity contribution is 5.93. The van der Waals surface area contributed by atoms with Crippen molar-refractivity contribution in [2.45, 2.75) is 27.1 Å². The number of nitrogens with zero attached hydrogens (tertiary/aromatic N) is 2. The van der Waals surface area contributed by atoms with Gasteiger partial charge >= 0.3 is 12.1 Å². The van der Waals surface area contributed by atoms with E-state index in [1.807, 2.05) is 60.7 Å². The Morgan fingerprint density at radius 3 is 1.93 bits per heavy atom. The summed E-state index contributed by atoms with van der Waals surface area (Å²) in [6, 6.07) is 18.6. The van der Waals surface area contributed by atoms with Gasteiger partial charge in [0, 0.05) is 5.56 Å². The van der Waals surface area contributed by atoms with E-state index < -0.39 is 12.1 Å². The maximum Gasteiger partial charge on any atom is 0.435 e. The summed E-state index contributed by atoms with van der Waals surface area (Å²) in [7, 11) is 0. The summed E-state index contributed by atoms with van der Waals surface area (Å²) in [5.41, 5.74) is 2.95. The highest BCUT2D eigenvalue weighted by Crippen LogP contribution is 2.16. The van der Waals surface area contributed by atoms with E-state index in [9.17, 15) is 9.59 Å². The van der Waals surface area contributed by atoms with Gasteiger partial charge in [-0.05, 0) is 25.0 Å². The molecule has 0 aliphatic rings. The maximum atomic E-state index is 12.6. The van der Waals surface area contributed by atoms with Crippen LogP contribution in [0.5, 0.6) is 0 Å². The average molecular weight is 364 g/mol. The fourth-order valence-corrected chi connectivity index (χ4v) is 2.55. The lowest BCUT2D eigenvalue weighted by Gasteiger charge is -2.09. The van der Waals surface area contributed by atoms with Crippen molar-refractivity contribution in [3.8, 4) is 0 Å². The zero-order chi connectivity index (χ0) is 19.2. The van der Waals surface area contributed by atoms with Gasteiger partial charge in [0.05, 0.1) is 5.69 Å². The van der Waals surface area contributed by atoms with E-state index in [0.29, 0.717) is 11.3 Å². The van der Waals surface area contributed by atoms with Crippen LogP contribution in [0, 0.1) is 13.8 Å². The van der Waals surface area contributed by atoms with Gasteiger partial charge in [-0.2, -0.15) is 9.78 Å². The van der Waals surface area contributed by atoms with Crippen molar-refractivity contribution in [1.82, 2.24) is 9.78 Å². The standard InChI is InChI=1S/C21H20N2O4/c1-15-16(2)22-23(21(25)27-14-18-11-7-4-8-12-18)19(15)20(24)26-13-17-9-5-3-6-10-17/h3-12H,13-14H2,1-2H3. The van der Waals surface area contributed by atoms with Gasteiger partial charge in [0.1, 0.15) is 13.2 Å². The van der Waals surface area contributed by atoms with Gasteiger partial charge in [-0.1, -0.05) is 60.7 Å².